The van der Waals surface area contributed by atoms with Gasteiger partial charge in [0.05, 0.1) is 11.2 Å². The van der Waals surface area contributed by atoms with E-state index in [0.717, 1.165) is 35.4 Å². The summed E-state index contributed by atoms with van der Waals surface area (Å²) in [7, 11) is 2.08. The number of aromatic nitrogens is 2. The highest BCUT2D eigenvalue weighted by molar-refractivity contribution is 5.92. The van der Waals surface area contributed by atoms with Crippen LogP contribution in [-0.2, 0) is 13.1 Å². The van der Waals surface area contributed by atoms with Crippen molar-refractivity contribution >= 4 is 16.6 Å². The Morgan fingerprint density at radius 2 is 1.81 bits per heavy atom. The van der Waals surface area contributed by atoms with Crippen LogP contribution in [0.3, 0.4) is 0 Å². The van der Waals surface area contributed by atoms with E-state index in [2.05, 4.69) is 28.0 Å². The van der Waals surface area contributed by atoms with Gasteiger partial charge in [0.15, 0.2) is 0 Å². The van der Waals surface area contributed by atoms with Gasteiger partial charge in [-0.1, -0.05) is 12.1 Å². The molecule has 4 nitrogen and oxygen atoms in total. The van der Waals surface area contributed by atoms with Gasteiger partial charge in [-0.15, -0.1) is 0 Å². The van der Waals surface area contributed by atoms with E-state index >= 15 is 0 Å². The summed E-state index contributed by atoms with van der Waals surface area (Å²) in [6.07, 6.45) is 3.63. The number of hydrogen-bond acceptors (Lipinski definition) is 4. The van der Waals surface area contributed by atoms with Crippen molar-refractivity contribution in [3.8, 4) is 0 Å². The molecule has 0 amide bonds. The summed E-state index contributed by atoms with van der Waals surface area (Å²) in [5.41, 5.74) is 10.0. The minimum absolute atomic E-state index is 0.772. The highest BCUT2D eigenvalue weighted by Crippen LogP contribution is 2.23. The first-order valence-corrected chi connectivity index (χ1v) is 6.94. The molecule has 3 rings (SSSR count). The van der Waals surface area contributed by atoms with Gasteiger partial charge in [0.2, 0.25) is 0 Å². The van der Waals surface area contributed by atoms with Gasteiger partial charge in [-0.3, -0.25) is 14.9 Å². The molecule has 2 heterocycles. The average Bonchev–Trinajstić information content (AvgIpc) is 2.51. The molecular formula is C17H18N4. The average molecular weight is 278 g/mol. The fourth-order valence-corrected chi connectivity index (χ4v) is 2.50. The van der Waals surface area contributed by atoms with Crippen LogP contribution in [0, 0.1) is 0 Å². The zero-order chi connectivity index (χ0) is 14.7. The van der Waals surface area contributed by atoms with Gasteiger partial charge in [-0.05, 0) is 42.9 Å². The molecule has 0 aliphatic rings. The molecule has 4 heteroatoms. The van der Waals surface area contributed by atoms with Crippen molar-refractivity contribution in [2.45, 2.75) is 13.1 Å². The Morgan fingerprint density at radius 3 is 2.62 bits per heavy atom. The highest BCUT2D eigenvalue weighted by atomic mass is 15.1. The maximum Gasteiger partial charge on any atom is 0.0767 e. The van der Waals surface area contributed by atoms with E-state index in [1.807, 2.05) is 48.8 Å². The predicted octanol–water partition coefficient (Wildman–Crippen LogP) is 2.84. The Kier molecular flexibility index (Phi) is 3.79. The van der Waals surface area contributed by atoms with Gasteiger partial charge in [0.1, 0.15) is 0 Å². The van der Waals surface area contributed by atoms with Crippen molar-refractivity contribution in [1.82, 2.24) is 14.9 Å². The van der Waals surface area contributed by atoms with Gasteiger partial charge in [-0.2, -0.15) is 0 Å². The number of hydrogen-bond donors (Lipinski definition) is 1. The molecule has 0 unspecified atom stereocenters. The van der Waals surface area contributed by atoms with Gasteiger partial charge in [0, 0.05) is 36.6 Å². The Hall–Kier alpha value is -2.46. The molecule has 3 aromatic rings. The molecule has 1 aromatic carbocycles. The van der Waals surface area contributed by atoms with Crippen LogP contribution in [0.5, 0.6) is 0 Å². The third-order valence-electron chi connectivity index (χ3n) is 3.49. The normalized spacial score (nSPS) is 11.1. The third kappa shape index (κ3) is 3.01. The lowest BCUT2D eigenvalue weighted by molar-refractivity contribution is 0.316. The molecule has 21 heavy (non-hydrogen) atoms. The quantitative estimate of drug-likeness (QED) is 0.746. The van der Waals surface area contributed by atoms with Crippen LogP contribution in [0.15, 0.2) is 54.9 Å². The highest BCUT2D eigenvalue weighted by Gasteiger charge is 2.08. The lowest BCUT2D eigenvalue weighted by Crippen LogP contribution is -2.18. The second kappa shape index (κ2) is 5.89. The number of nitrogen functional groups attached to an aromatic ring is 1. The second-order valence-corrected chi connectivity index (χ2v) is 5.21. The number of nitrogens with zero attached hydrogens (tertiary/aromatic N) is 3. The van der Waals surface area contributed by atoms with E-state index < -0.39 is 0 Å². The van der Waals surface area contributed by atoms with Gasteiger partial charge >= 0.3 is 0 Å². The minimum atomic E-state index is 0.772. The molecule has 0 atom stereocenters. The molecule has 0 aliphatic heterocycles. The Balaban J connectivity index is 1.83. The SMILES string of the molecule is CN(Cc1ccccn1)Cc1ccc(N)c2cccnc12. The third-order valence-corrected chi connectivity index (χ3v) is 3.49. The van der Waals surface area contributed by atoms with Crippen molar-refractivity contribution < 1.29 is 0 Å². The van der Waals surface area contributed by atoms with Crippen molar-refractivity contribution in [2.24, 2.45) is 0 Å². The fraction of sp³-hybridized carbons (Fsp3) is 0.176. The Bertz CT molecular complexity index is 740. The number of nitrogens with two attached hydrogens (primary N) is 1. The van der Waals surface area contributed by atoms with Crippen LogP contribution >= 0.6 is 0 Å². The van der Waals surface area contributed by atoms with Crippen LogP contribution < -0.4 is 5.73 Å². The van der Waals surface area contributed by atoms with Crippen LogP contribution in [0.4, 0.5) is 5.69 Å². The number of anilines is 1. The summed E-state index contributed by atoms with van der Waals surface area (Å²) in [4.78, 5) is 11.1. The molecule has 0 saturated carbocycles. The first kappa shape index (κ1) is 13.5. The standard InChI is InChI=1S/C17H18N4/c1-21(12-14-5-2-3-9-19-14)11-13-7-8-16(18)15-6-4-10-20-17(13)15/h2-10H,11-12,18H2,1H3. The fourth-order valence-electron chi connectivity index (χ4n) is 2.50. The van der Waals surface area contributed by atoms with Crippen molar-refractivity contribution in [1.29, 1.82) is 0 Å². The molecule has 0 spiro atoms. The molecule has 0 saturated heterocycles. The lowest BCUT2D eigenvalue weighted by Gasteiger charge is -2.17. The predicted molar refractivity (Wildman–Crippen MR) is 85.6 cm³/mol. The monoisotopic (exact) mass is 278 g/mol. The van der Waals surface area contributed by atoms with E-state index in [-0.39, 0.29) is 0 Å². The first-order chi connectivity index (χ1) is 10.2. The topological polar surface area (TPSA) is 55.0 Å². The minimum Gasteiger partial charge on any atom is -0.398 e. The second-order valence-electron chi connectivity index (χ2n) is 5.21. The summed E-state index contributed by atoms with van der Waals surface area (Å²) in [6.45, 7) is 1.61. The number of benzene rings is 1. The van der Waals surface area contributed by atoms with Crippen molar-refractivity contribution in [2.75, 3.05) is 12.8 Å². The van der Waals surface area contributed by atoms with E-state index in [9.17, 15) is 0 Å². The van der Waals surface area contributed by atoms with Crippen molar-refractivity contribution in [3.05, 3.63) is 66.1 Å². The molecule has 0 radical (unpaired) electrons. The van der Waals surface area contributed by atoms with Crippen LogP contribution in [0.25, 0.3) is 10.9 Å². The summed E-state index contributed by atoms with van der Waals surface area (Å²) < 4.78 is 0. The van der Waals surface area contributed by atoms with Gasteiger partial charge < -0.3 is 5.73 Å². The van der Waals surface area contributed by atoms with E-state index in [0.29, 0.717) is 0 Å². The smallest absolute Gasteiger partial charge is 0.0767 e. The largest absolute Gasteiger partial charge is 0.398 e. The van der Waals surface area contributed by atoms with Crippen LogP contribution in [0.2, 0.25) is 0 Å². The van der Waals surface area contributed by atoms with Gasteiger partial charge in [0.25, 0.3) is 0 Å². The van der Waals surface area contributed by atoms with E-state index in [1.54, 1.807) is 0 Å². The molecule has 0 aliphatic carbocycles. The number of rotatable bonds is 4. The van der Waals surface area contributed by atoms with Crippen molar-refractivity contribution in [3.63, 3.8) is 0 Å². The first-order valence-electron chi connectivity index (χ1n) is 6.94. The van der Waals surface area contributed by atoms with Gasteiger partial charge in [-0.25, -0.2) is 0 Å². The van der Waals surface area contributed by atoms with Crippen LogP contribution in [-0.4, -0.2) is 21.9 Å². The molecule has 106 valence electrons. The molecule has 2 N–H and O–H groups in total. The maximum atomic E-state index is 6.02. The van der Waals surface area contributed by atoms with Crippen LogP contribution in [0.1, 0.15) is 11.3 Å². The Labute approximate surface area is 124 Å². The zero-order valence-electron chi connectivity index (χ0n) is 12.0. The number of pyridine rings is 2. The molecule has 0 bridgehead atoms. The summed E-state index contributed by atoms with van der Waals surface area (Å²) in [5, 5.41) is 1.02. The number of fused-ring (bicyclic) bond motifs is 1. The van der Waals surface area contributed by atoms with E-state index in [1.165, 1.54) is 5.56 Å². The summed E-state index contributed by atoms with van der Waals surface area (Å²) >= 11 is 0. The zero-order valence-corrected chi connectivity index (χ0v) is 12.0. The lowest BCUT2D eigenvalue weighted by atomic mass is 10.1. The van der Waals surface area contributed by atoms with E-state index in [4.69, 9.17) is 5.73 Å². The molecular weight excluding hydrogens is 260 g/mol. The molecule has 0 fully saturated rings. The molecule has 2 aromatic heterocycles. The summed E-state index contributed by atoms with van der Waals surface area (Å²) in [5.74, 6) is 0. The maximum absolute atomic E-state index is 6.02. The summed E-state index contributed by atoms with van der Waals surface area (Å²) in [6, 6.07) is 13.9. The Morgan fingerprint density at radius 1 is 0.952 bits per heavy atom.